The maximum atomic E-state index is 12.9. The average molecular weight is 246 g/mol. The first-order chi connectivity index (χ1) is 8.60. The molecule has 18 heavy (non-hydrogen) atoms. The highest BCUT2D eigenvalue weighted by atomic mass is 19.1. The van der Waals surface area contributed by atoms with E-state index in [1.54, 1.807) is 12.2 Å². The number of rotatable bonds is 3. The Morgan fingerprint density at radius 3 is 2.89 bits per heavy atom. The van der Waals surface area contributed by atoms with E-state index in [0.29, 0.717) is 12.1 Å². The van der Waals surface area contributed by atoms with Gasteiger partial charge in [-0.2, -0.15) is 5.26 Å². The summed E-state index contributed by atoms with van der Waals surface area (Å²) in [6, 6.07) is 5.64. The lowest BCUT2D eigenvalue weighted by Crippen LogP contribution is -2.19. The van der Waals surface area contributed by atoms with Crippen LogP contribution < -0.4 is 5.32 Å². The number of benzene rings is 1. The van der Waals surface area contributed by atoms with E-state index in [0.717, 1.165) is 6.07 Å². The molecule has 1 aromatic rings. The van der Waals surface area contributed by atoms with Gasteiger partial charge in [0, 0.05) is 6.04 Å². The van der Waals surface area contributed by atoms with Crippen molar-refractivity contribution < 1.29 is 14.3 Å². The summed E-state index contributed by atoms with van der Waals surface area (Å²) in [4.78, 5) is 10.8. The van der Waals surface area contributed by atoms with Crippen LogP contribution >= 0.6 is 0 Å². The van der Waals surface area contributed by atoms with E-state index >= 15 is 0 Å². The molecule has 2 atom stereocenters. The van der Waals surface area contributed by atoms with Gasteiger partial charge in [-0.05, 0) is 24.6 Å². The molecule has 0 spiro atoms. The van der Waals surface area contributed by atoms with Gasteiger partial charge in [0.25, 0.3) is 0 Å². The van der Waals surface area contributed by atoms with Gasteiger partial charge >= 0.3 is 5.97 Å². The fraction of sp³-hybridized carbons (Fsp3) is 0.231. The van der Waals surface area contributed by atoms with E-state index in [9.17, 15) is 9.18 Å². The fourth-order valence-corrected chi connectivity index (χ4v) is 1.92. The van der Waals surface area contributed by atoms with E-state index in [4.69, 9.17) is 10.4 Å². The molecule has 4 nitrogen and oxygen atoms in total. The Kier molecular flexibility index (Phi) is 3.28. The van der Waals surface area contributed by atoms with Crippen LogP contribution in [0.1, 0.15) is 12.0 Å². The minimum atomic E-state index is -0.866. The number of hydrogen-bond donors (Lipinski definition) is 2. The monoisotopic (exact) mass is 246 g/mol. The molecule has 0 bridgehead atoms. The van der Waals surface area contributed by atoms with Crippen molar-refractivity contribution in [1.82, 2.24) is 0 Å². The molecule has 0 saturated carbocycles. The third-order valence-corrected chi connectivity index (χ3v) is 2.84. The lowest BCUT2D eigenvalue weighted by molar-refractivity contribution is -0.140. The van der Waals surface area contributed by atoms with Crippen molar-refractivity contribution in [3.63, 3.8) is 0 Å². The van der Waals surface area contributed by atoms with E-state index in [2.05, 4.69) is 5.32 Å². The number of nitriles is 1. The van der Waals surface area contributed by atoms with Crippen LogP contribution in [-0.2, 0) is 4.79 Å². The predicted molar refractivity (Wildman–Crippen MR) is 63.4 cm³/mol. The topological polar surface area (TPSA) is 73.1 Å². The number of carbonyl (C=O) groups is 1. The summed E-state index contributed by atoms with van der Waals surface area (Å²) in [5, 5.41) is 20.8. The minimum Gasteiger partial charge on any atom is -0.481 e. The van der Waals surface area contributed by atoms with Gasteiger partial charge in [0.2, 0.25) is 0 Å². The number of carboxylic acid groups (broad SMARTS) is 1. The second kappa shape index (κ2) is 4.88. The molecule has 0 heterocycles. The second-order valence-corrected chi connectivity index (χ2v) is 4.12. The Bertz CT molecular complexity index is 548. The minimum absolute atomic E-state index is 0.149. The van der Waals surface area contributed by atoms with Gasteiger partial charge in [-0.3, -0.25) is 4.79 Å². The first-order valence-corrected chi connectivity index (χ1v) is 5.47. The van der Waals surface area contributed by atoms with Crippen LogP contribution in [0.2, 0.25) is 0 Å². The molecule has 1 aliphatic rings. The van der Waals surface area contributed by atoms with Gasteiger partial charge in [0.1, 0.15) is 11.9 Å². The first-order valence-electron chi connectivity index (χ1n) is 5.47. The number of nitrogens with one attached hydrogen (secondary N) is 1. The lowest BCUT2D eigenvalue weighted by Gasteiger charge is -2.14. The Balaban J connectivity index is 2.10. The van der Waals surface area contributed by atoms with Crippen LogP contribution in [0.3, 0.4) is 0 Å². The summed E-state index contributed by atoms with van der Waals surface area (Å²) in [6.45, 7) is 0. The van der Waals surface area contributed by atoms with Crippen molar-refractivity contribution in [2.45, 2.75) is 12.5 Å². The van der Waals surface area contributed by atoms with Gasteiger partial charge in [0.05, 0.1) is 17.2 Å². The zero-order chi connectivity index (χ0) is 13.1. The van der Waals surface area contributed by atoms with Crippen LogP contribution in [0.15, 0.2) is 30.4 Å². The molecule has 5 heteroatoms. The number of anilines is 1. The molecule has 2 unspecified atom stereocenters. The Morgan fingerprint density at radius 1 is 1.50 bits per heavy atom. The molecule has 0 radical (unpaired) electrons. The number of carboxylic acids is 1. The number of aliphatic carboxylic acids is 1. The number of nitrogens with zero attached hydrogens (tertiary/aromatic N) is 1. The Labute approximate surface area is 103 Å². The van der Waals surface area contributed by atoms with E-state index in [-0.39, 0.29) is 11.6 Å². The molecule has 92 valence electrons. The summed E-state index contributed by atoms with van der Waals surface area (Å²) in [5.74, 6) is -1.84. The predicted octanol–water partition coefficient (Wildman–Crippen LogP) is 2.14. The number of halogens is 1. The molecular weight excluding hydrogens is 235 g/mol. The summed E-state index contributed by atoms with van der Waals surface area (Å²) < 4.78 is 12.9. The number of hydrogen-bond acceptors (Lipinski definition) is 3. The lowest BCUT2D eigenvalue weighted by atomic mass is 10.1. The fourth-order valence-electron chi connectivity index (χ4n) is 1.92. The standard InChI is InChI=1S/C13H11FN2O2/c14-10-2-4-12(9(5-10)7-15)16-11-3-1-8(6-11)13(17)18/h1-5,8,11,16H,6H2,(H,17,18). The zero-order valence-electron chi connectivity index (χ0n) is 9.43. The van der Waals surface area contributed by atoms with Gasteiger partial charge in [-0.1, -0.05) is 12.2 Å². The van der Waals surface area contributed by atoms with Crippen molar-refractivity contribution in [3.05, 3.63) is 41.7 Å². The smallest absolute Gasteiger partial charge is 0.310 e. The quantitative estimate of drug-likeness (QED) is 0.801. The van der Waals surface area contributed by atoms with Crippen LogP contribution in [0.4, 0.5) is 10.1 Å². The van der Waals surface area contributed by atoms with Gasteiger partial charge in [0.15, 0.2) is 0 Å². The third-order valence-electron chi connectivity index (χ3n) is 2.84. The average Bonchev–Trinajstić information content (AvgIpc) is 2.80. The summed E-state index contributed by atoms with van der Waals surface area (Å²) in [7, 11) is 0. The highest BCUT2D eigenvalue weighted by molar-refractivity contribution is 5.73. The molecule has 1 aromatic carbocycles. The largest absolute Gasteiger partial charge is 0.481 e. The molecule has 0 aliphatic heterocycles. The van der Waals surface area contributed by atoms with Crippen molar-refractivity contribution in [2.75, 3.05) is 5.32 Å². The second-order valence-electron chi connectivity index (χ2n) is 4.12. The summed E-state index contributed by atoms with van der Waals surface area (Å²) in [5.41, 5.74) is 0.724. The molecular formula is C13H11FN2O2. The van der Waals surface area contributed by atoms with Crippen LogP contribution in [0, 0.1) is 23.1 Å². The maximum Gasteiger partial charge on any atom is 0.310 e. The first kappa shape index (κ1) is 12.1. The Hall–Kier alpha value is -2.35. The maximum absolute atomic E-state index is 12.9. The third kappa shape index (κ3) is 2.48. The molecule has 0 saturated heterocycles. The molecule has 2 rings (SSSR count). The van der Waals surface area contributed by atoms with Gasteiger partial charge in [-0.15, -0.1) is 0 Å². The molecule has 1 aliphatic carbocycles. The van der Waals surface area contributed by atoms with Crippen LogP contribution in [0.5, 0.6) is 0 Å². The molecule has 2 N–H and O–H groups in total. The SMILES string of the molecule is N#Cc1cc(F)ccc1NC1C=CC(C(=O)O)C1. The normalized spacial score (nSPS) is 21.6. The van der Waals surface area contributed by atoms with Crippen molar-refractivity contribution in [2.24, 2.45) is 5.92 Å². The van der Waals surface area contributed by atoms with E-state index in [1.807, 2.05) is 6.07 Å². The highest BCUT2D eigenvalue weighted by Gasteiger charge is 2.24. The zero-order valence-corrected chi connectivity index (χ0v) is 9.43. The van der Waals surface area contributed by atoms with Crippen molar-refractivity contribution in [3.8, 4) is 6.07 Å². The molecule has 0 fully saturated rings. The molecule has 0 amide bonds. The van der Waals surface area contributed by atoms with Crippen molar-refractivity contribution in [1.29, 1.82) is 5.26 Å². The van der Waals surface area contributed by atoms with E-state index in [1.165, 1.54) is 12.1 Å². The van der Waals surface area contributed by atoms with E-state index < -0.39 is 17.7 Å². The summed E-state index contributed by atoms with van der Waals surface area (Å²) in [6.07, 6.45) is 3.80. The van der Waals surface area contributed by atoms with Crippen LogP contribution in [-0.4, -0.2) is 17.1 Å². The van der Waals surface area contributed by atoms with Crippen LogP contribution in [0.25, 0.3) is 0 Å². The van der Waals surface area contributed by atoms with Crippen molar-refractivity contribution >= 4 is 11.7 Å². The summed E-state index contributed by atoms with van der Waals surface area (Å²) >= 11 is 0. The Morgan fingerprint density at radius 2 is 2.28 bits per heavy atom. The molecule has 0 aromatic heterocycles. The van der Waals surface area contributed by atoms with Gasteiger partial charge in [-0.25, -0.2) is 4.39 Å². The van der Waals surface area contributed by atoms with Gasteiger partial charge < -0.3 is 10.4 Å². The highest BCUT2D eigenvalue weighted by Crippen LogP contribution is 2.24.